The van der Waals surface area contributed by atoms with E-state index in [2.05, 4.69) is 10.6 Å². The molecule has 0 bridgehead atoms. The molecule has 0 aliphatic heterocycles. The van der Waals surface area contributed by atoms with Crippen molar-refractivity contribution in [3.63, 3.8) is 0 Å². The van der Waals surface area contributed by atoms with Crippen molar-refractivity contribution in [2.24, 2.45) is 5.92 Å². The molecule has 0 aromatic heterocycles. The molecule has 1 atom stereocenters. The number of carbonyl (C=O) groups excluding carboxylic acids is 1. The molecule has 0 aliphatic rings. The lowest BCUT2D eigenvalue weighted by Crippen LogP contribution is -2.45. The minimum atomic E-state index is -1.28. The normalized spacial score (nSPS) is 13.3. The highest BCUT2D eigenvalue weighted by Crippen LogP contribution is 2.17. The summed E-state index contributed by atoms with van der Waals surface area (Å²) in [5.41, 5.74) is -0.976. The van der Waals surface area contributed by atoms with Crippen molar-refractivity contribution in [1.29, 1.82) is 0 Å². The molecule has 0 heterocycles. The largest absolute Gasteiger partial charge is 0.378 e. The van der Waals surface area contributed by atoms with Crippen molar-refractivity contribution in [3.05, 3.63) is 0 Å². The van der Waals surface area contributed by atoms with Crippen molar-refractivity contribution in [3.8, 4) is 0 Å². The van der Waals surface area contributed by atoms with Gasteiger partial charge in [-0.25, -0.2) is 4.39 Å². The molecule has 0 radical (unpaired) electrons. The molecule has 0 saturated carbocycles. The molecule has 0 spiro atoms. The third-order valence-corrected chi connectivity index (χ3v) is 3.48. The first-order valence-corrected chi connectivity index (χ1v) is 8.73. The van der Waals surface area contributed by atoms with Gasteiger partial charge in [-0.3, -0.25) is 4.79 Å². The number of alkyl halides is 1. The van der Waals surface area contributed by atoms with E-state index in [1.165, 1.54) is 0 Å². The van der Waals surface area contributed by atoms with Gasteiger partial charge in [-0.15, -0.1) is 0 Å². The number of likely N-dealkylation sites (N-methyl/N-ethyl adjacent to an activating group) is 1. The second-order valence-electron chi connectivity index (χ2n) is 6.40. The van der Waals surface area contributed by atoms with E-state index in [0.717, 1.165) is 13.1 Å². The van der Waals surface area contributed by atoms with Gasteiger partial charge in [-0.1, -0.05) is 20.8 Å². The van der Waals surface area contributed by atoms with Crippen LogP contribution in [0.2, 0.25) is 0 Å². The summed E-state index contributed by atoms with van der Waals surface area (Å²) in [6.45, 7) is 13.0. The number of halogens is 1. The zero-order valence-corrected chi connectivity index (χ0v) is 15.8. The molecule has 24 heavy (non-hydrogen) atoms. The minimum absolute atomic E-state index is 0.0511. The first-order valence-electron chi connectivity index (χ1n) is 8.73. The van der Waals surface area contributed by atoms with E-state index in [1.54, 1.807) is 27.7 Å². The molecule has 2 N–H and O–H groups in total. The summed E-state index contributed by atoms with van der Waals surface area (Å²) in [6, 6.07) is 0. The third kappa shape index (κ3) is 11.7. The van der Waals surface area contributed by atoms with Gasteiger partial charge in [-0.2, -0.15) is 0 Å². The maximum Gasteiger partial charge on any atom is 0.222 e. The second kappa shape index (κ2) is 13.5. The Balaban J connectivity index is 3.67. The molecule has 1 unspecified atom stereocenters. The molecule has 144 valence electrons. The van der Waals surface area contributed by atoms with Gasteiger partial charge >= 0.3 is 0 Å². The fraction of sp³-hybridized carbons (Fsp3) is 0.941. The highest BCUT2D eigenvalue weighted by Gasteiger charge is 2.30. The summed E-state index contributed by atoms with van der Waals surface area (Å²) in [5, 5.41) is 5.74. The number of ether oxygens (including phenoxy) is 3. The zero-order chi connectivity index (χ0) is 18.4. The molecule has 0 aromatic carbocycles. The maximum atomic E-state index is 14.2. The van der Waals surface area contributed by atoms with Gasteiger partial charge in [0.1, 0.15) is 6.17 Å². The van der Waals surface area contributed by atoms with E-state index in [9.17, 15) is 9.18 Å². The van der Waals surface area contributed by atoms with Crippen molar-refractivity contribution < 1.29 is 23.4 Å². The Morgan fingerprint density at radius 2 is 1.67 bits per heavy atom. The van der Waals surface area contributed by atoms with Crippen LogP contribution in [0.4, 0.5) is 4.39 Å². The topological polar surface area (TPSA) is 68.8 Å². The minimum Gasteiger partial charge on any atom is -0.378 e. The summed E-state index contributed by atoms with van der Waals surface area (Å²) in [5.74, 6) is -0.319. The van der Waals surface area contributed by atoms with Crippen LogP contribution in [0, 0.1) is 5.92 Å². The van der Waals surface area contributed by atoms with Crippen molar-refractivity contribution in [1.82, 2.24) is 10.6 Å². The highest BCUT2D eigenvalue weighted by atomic mass is 19.1. The van der Waals surface area contributed by atoms with Crippen molar-refractivity contribution in [2.45, 2.75) is 46.4 Å². The van der Waals surface area contributed by atoms with E-state index < -0.39 is 11.8 Å². The molecule has 1 amide bonds. The number of nitrogens with one attached hydrogen (secondary N) is 2. The van der Waals surface area contributed by atoms with Gasteiger partial charge in [0.15, 0.2) is 0 Å². The van der Waals surface area contributed by atoms with Crippen LogP contribution in [0.3, 0.4) is 0 Å². The lowest BCUT2D eigenvalue weighted by molar-refractivity contribution is -0.125. The van der Waals surface area contributed by atoms with E-state index in [-0.39, 0.29) is 18.4 Å². The number of hydrogen-bond acceptors (Lipinski definition) is 5. The monoisotopic (exact) mass is 350 g/mol. The van der Waals surface area contributed by atoms with Crippen LogP contribution >= 0.6 is 0 Å². The number of hydrogen-bond donors (Lipinski definition) is 2. The summed E-state index contributed by atoms with van der Waals surface area (Å²) >= 11 is 0. The van der Waals surface area contributed by atoms with Crippen LogP contribution in [-0.2, 0) is 19.0 Å². The molecule has 7 heteroatoms. The summed E-state index contributed by atoms with van der Waals surface area (Å²) in [4.78, 5) is 11.5. The summed E-state index contributed by atoms with van der Waals surface area (Å²) in [7, 11) is 0. The van der Waals surface area contributed by atoms with E-state index in [0.29, 0.717) is 33.0 Å². The maximum absolute atomic E-state index is 14.2. The van der Waals surface area contributed by atoms with Crippen molar-refractivity contribution >= 4 is 5.91 Å². The van der Waals surface area contributed by atoms with Crippen LogP contribution < -0.4 is 10.6 Å². The molecular formula is C17H35FN2O4. The fourth-order valence-corrected chi connectivity index (χ4v) is 1.74. The fourth-order valence-electron chi connectivity index (χ4n) is 1.74. The Morgan fingerprint density at radius 3 is 2.25 bits per heavy atom. The van der Waals surface area contributed by atoms with E-state index >= 15 is 0 Å². The standard InChI is InChI=1S/C17H35FN2O4/c1-6-19-7-8-22-9-10-23-11-12-24-17(4,5)15(18)13-20-16(21)14(2)3/h14-15,19H,6-13H2,1-5H3,(H,20,21). The van der Waals surface area contributed by atoms with Crippen LogP contribution in [-0.4, -0.2) is 70.3 Å². The van der Waals surface area contributed by atoms with Crippen LogP contribution in [0.25, 0.3) is 0 Å². The Hall–Kier alpha value is -0.760. The van der Waals surface area contributed by atoms with Gasteiger partial charge in [-0.05, 0) is 20.4 Å². The molecular weight excluding hydrogens is 315 g/mol. The molecule has 0 rings (SSSR count). The van der Waals surface area contributed by atoms with Crippen molar-refractivity contribution in [2.75, 3.05) is 52.7 Å². The van der Waals surface area contributed by atoms with Gasteiger partial charge in [0.05, 0.1) is 45.2 Å². The average Bonchev–Trinajstić information content (AvgIpc) is 2.53. The number of amides is 1. The number of carbonyl (C=O) groups is 1. The Bertz CT molecular complexity index is 328. The third-order valence-electron chi connectivity index (χ3n) is 3.48. The first kappa shape index (κ1) is 23.2. The lowest BCUT2D eigenvalue weighted by Gasteiger charge is -2.29. The summed E-state index contributed by atoms with van der Waals surface area (Å²) in [6.07, 6.45) is -1.28. The van der Waals surface area contributed by atoms with Gasteiger partial charge in [0.25, 0.3) is 0 Å². The summed E-state index contributed by atoms with van der Waals surface area (Å²) < 4.78 is 30.5. The quantitative estimate of drug-likeness (QED) is 0.439. The molecule has 6 nitrogen and oxygen atoms in total. The molecule has 0 aliphatic carbocycles. The Kier molecular flexibility index (Phi) is 13.1. The van der Waals surface area contributed by atoms with Crippen LogP contribution in [0.15, 0.2) is 0 Å². The van der Waals surface area contributed by atoms with E-state index in [4.69, 9.17) is 14.2 Å². The Labute approximate surface area is 145 Å². The smallest absolute Gasteiger partial charge is 0.222 e. The van der Waals surface area contributed by atoms with E-state index in [1.807, 2.05) is 6.92 Å². The molecule has 0 aromatic rings. The highest BCUT2D eigenvalue weighted by molar-refractivity contribution is 5.77. The zero-order valence-electron chi connectivity index (χ0n) is 15.8. The van der Waals surface area contributed by atoms with Crippen LogP contribution in [0.5, 0.6) is 0 Å². The van der Waals surface area contributed by atoms with Gasteiger partial charge < -0.3 is 24.8 Å². The van der Waals surface area contributed by atoms with Crippen LogP contribution in [0.1, 0.15) is 34.6 Å². The lowest BCUT2D eigenvalue weighted by atomic mass is 10.0. The molecule has 0 saturated heterocycles. The average molecular weight is 350 g/mol. The first-order chi connectivity index (χ1) is 11.3. The second-order valence-corrected chi connectivity index (χ2v) is 6.40. The SMILES string of the molecule is CCNCCOCCOCCOC(C)(C)C(F)CNC(=O)C(C)C. The predicted octanol–water partition coefficient (Wildman–Crippen LogP) is 1.53. The van der Waals surface area contributed by atoms with Gasteiger partial charge in [0, 0.05) is 12.5 Å². The Morgan fingerprint density at radius 1 is 1.08 bits per heavy atom. The molecule has 0 fully saturated rings. The predicted molar refractivity (Wildman–Crippen MR) is 93.0 cm³/mol. The van der Waals surface area contributed by atoms with Gasteiger partial charge in [0.2, 0.25) is 5.91 Å². The number of rotatable bonds is 15.